The quantitative estimate of drug-likeness (QED) is 0.900. The number of hydrogen-bond donors (Lipinski definition) is 1. The minimum atomic E-state index is -4.35. The summed E-state index contributed by atoms with van der Waals surface area (Å²) in [6, 6.07) is 5.15. The van der Waals surface area contributed by atoms with Crippen molar-refractivity contribution in [3.63, 3.8) is 0 Å². The van der Waals surface area contributed by atoms with Crippen molar-refractivity contribution in [2.75, 3.05) is 18.0 Å². The molecule has 0 aliphatic carbocycles. The van der Waals surface area contributed by atoms with Crippen LogP contribution in [0, 0.1) is 5.92 Å². The molecular weight excluding hydrogens is 259 g/mol. The lowest BCUT2D eigenvalue weighted by molar-refractivity contribution is -0.142. The first-order valence-corrected chi connectivity index (χ1v) is 6.03. The molecule has 0 amide bonds. The zero-order valence-electron chi connectivity index (χ0n) is 10.2. The summed E-state index contributed by atoms with van der Waals surface area (Å²) in [6.07, 6.45) is -3.42. The number of alkyl halides is 3. The number of carboxylic acid groups (broad SMARTS) is 1. The van der Waals surface area contributed by atoms with Crippen LogP contribution < -0.4 is 4.90 Å². The van der Waals surface area contributed by atoms with E-state index in [0.29, 0.717) is 31.6 Å². The first-order valence-electron chi connectivity index (χ1n) is 6.03. The lowest BCUT2D eigenvalue weighted by atomic mass is 9.96. The molecule has 0 aromatic heterocycles. The van der Waals surface area contributed by atoms with Crippen LogP contribution in [0.4, 0.5) is 18.9 Å². The molecule has 1 N–H and O–H groups in total. The van der Waals surface area contributed by atoms with Crippen LogP contribution in [0.5, 0.6) is 0 Å². The predicted molar refractivity (Wildman–Crippen MR) is 64.0 cm³/mol. The van der Waals surface area contributed by atoms with E-state index in [1.165, 1.54) is 6.07 Å². The van der Waals surface area contributed by atoms with Gasteiger partial charge in [0.25, 0.3) is 0 Å². The number of aliphatic carboxylic acids is 1. The molecule has 104 valence electrons. The largest absolute Gasteiger partial charge is 0.481 e. The lowest BCUT2D eigenvalue weighted by Crippen LogP contribution is -2.36. The van der Waals surface area contributed by atoms with Crippen molar-refractivity contribution in [2.24, 2.45) is 5.92 Å². The third-order valence-corrected chi connectivity index (χ3v) is 3.38. The number of benzene rings is 1. The summed E-state index contributed by atoms with van der Waals surface area (Å²) in [6.45, 7) is 0.941. The summed E-state index contributed by atoms with van der Waals surface area (Å²) in [5.41, 5.74) is -0.177. The van der Waals surface area contributed by atoms with E-state index in [9.17, 15) is 18.0 Å². The van der Waals surface area contributed by atoms with Gasteiger partial charge in [0.1, 0.15) is 0 Å². The van der Waals surface area contributed by atoms with E-state index in [2.05, 4.69) is 0 Å². The third-order valence-electron chi connectivity index (χ3n) is 3.38. The van der Waals surface area contributed by atoms with Crippen LogP contribution in [0.3, 0.4) is 0 Å². The number of carboxylic acids is 1. The minimum Gasteiger partial charge on any atom is -0.481 e. The van der Waals surface area contributed by atoms with Crippen LogP contribution >= 0.6 is 0 Å². The highest BCUT2D eigenvalue weighted by molar-refractivity contribution is 5.70. The molecule has 0 unspecified atom stereocenters. The van der Waals surface area contributed by atoms with Gasteiger partial charge in [-0.25, -0.2) is 0 Å². The normalized spacial score (nSPS) is 17.5. The first kappa shape index (κ1) is 13.7. The van der Waals surface area contributed by atoms with Crippen molar-refractivity contribution in [1.29, 1.82) is 0 Å². The van der Waals surface area contributed by atoms with Gasteiger partial charge >= 0.3 is 12.1 Å². The molecule has 0 saturated carbocycles. The Hall–Kier alpha value is -1.72. The molecule has 1 fully saturated rings. The fraction of sp³-hybridized carbons (Fsp3) is 0.462. The number of carbonyl (C=O) groups is 1. The molecule has 1 heterocycles. The second kappa shape index (κ2) is 5.11. The highest BCUT2D eigenvalue weighted by Gasteiger charge is 2.31. The molecule has 0 radical (unpaired) electrons. The molecule has 1 aliphatic heterocycles. The Labute approximate surface area is 108 Å². The monoisotopic (exact) mass is 273 g/mol. The second-order valence-electron chi connectivity index (χ2n) is 4.65. The molecule has 1 saturated heterocycles. The minimum absolute atomic E-state index is 0.387. The van der Waals surface area contributed by atoms with Crippen molar-refractivity contribution in [2.45, 2.75) is 19.0 Å². The molecule has 3 nitrogen and oxygen atoms in total. The first-order chi connectivity index (χ1) is 8.88. The van der Waals surface area contributed by atoms with Crippen molar-refractivity contribution in [3.8, 4) is 0 Å². The molecule has 1 aromatic rings. The highest BCUT2D eigenvalue weighted by Crippen LogP contribution is 2.32. The smallest absolute Gasteiger partial charge is 0.416 e. The van der Waals surface area contributed by atoms with Crippen molar-refractivity contribution >= 4 is 11.7 Å². The van der Waals surface area contributed by atoms with Gasteiger partial charge in [0.2, 0.25) is 0 Å². The fourth-order valence-electron chi connectivity index (χ4n) is 2.26. The molecule has 0 bridgehead atoms. The van der Waals surface area contributed by atoms with Crippen molar-refractivity contribution < 1.29 is 23.1 Å². The summed E-state index contributed by atoms with van der Waals surface area (Å²) >= 11 is 0. The van der Waals surface area contributed by atoms with Gasteiger partial charge in [0.15, 0.2) is 0 Å². The summed E-state index contributed by atoms with van der Waals surface area (Å²) in [5, 5.41) is 8.88. The van der Waals surface area contributed by atoms with Crippen LogP contribution in [0.2, 0.25) is 0 Å². The SMILES string of the molecule is O=C(O)C1CCN(c2cccc(C(F)(F)F)c2)CC1. The Balaban J connectivity index is 2.10. The lowest BCUT2D eigenvalue weighted by Gasteiger charge is -2.32. The maximum absolute atomic E-state index is 12.6. The number of rotatable bonds is 2. The highest BCUT2D eigenvalue weighted by atomic mass is 19.4. The van der Waals surface area contributed by atoms with E-state index >= 15 is 0 Å². The average molecular weight is 273 g/mol. The van der Waals surface area contributed by atoms with E-state index in [-0.39, 0.29) is 5.92 Å². The van der Waals surface area contributed by atoms with Gasteiger partial charge in [-0.3, -0.25) is 4.79 Å². The molecule has 1 aliphatic rings. The molecule has 19 heavy (non-hydrogen) atoms. The van der Waals surface area contributed by atoms with E-state index in [1.54, 1.807) is 11.0 Å². The van der Waals surface area contributed by atoms with Gasteiger partial charge in [0, 0.05) is 18.8 Å². The van der Waals surface area contributed by atoms with E-state index in [0.717, 1.165) is 12.1 Å². The molecule has 0 spiro atoms. The maximum Gasteiger partial charge on any atom is 0.416 e. The van der Waals surface area contributed by atoms with Crippen LogP contribution in [0.1, 0.15) is 18.4 Å². The molecule has 1 aromatic carbocycles. The van der Waals surface area contributed by atoms with Crippen molar-refractivity contribution in [3.05, 3.63) is 29.8 Å². The zero-order valence-corrected chi connectivity index (χ0v) is 10.2. The van der Waals surface area contributed by atoms with E-state index in [1.807, 2.05) is 0 Å². The van der Waals surface area contributed by atoms with Gasteiger partial charge in [-0.15, -0.1) is 0 Å². The Morgan fingerprint density at radius 1 is 1.26 bits per heavy atom. The number of hydrogen-bond acceptors (Lipinski definition) is 2. The van der Waals surface area contributed by atoms with Gasteiger partial charge in [-0.05, 0) is 31.0 Å². The Morgan fingerprint density at radius 2 is 1.89 bits per heavy atom. The van der Waals surface area contributed by atoms with Gasteiger partial charge in [-0.2, -0.15) is 13.2 Å². The molecule has 2 rings (SSSR count). The Kier molecular flexibility index (Phi) is 3.68. The summed E-state index contributed by atoms with van der Waals surface area (Å²) in [4.78, 5) is 12.6. The molecule has 0 atom stereocenters. The van der Waals surface area contributed by atoms with Crippen LogP contribution in [-0.2, 0) is 11.0 Å². The maximum atomic E-state index is 12.6. The zero-order chi connectivity index (χ0) is 14.0. The third kappa shape index (κ3) is 3.19. The summed E-state index contributed by atoms with van der Waals surface area (Å²) < 4.78 is 37.8. The fourth-order valence-corrected chi connectivity index (χ4v) is 2.26. The van der Waals surface area contributed by atoms with E-state index in [4.69, 9.17) is 5.11 Å². The van der Waals surface area contributed by atoms with Gasteiger partial charge in [-0.1, -0.05) is 6.07 Å². The Morgan fingerprint density at radius 3 is 2.42 bits per heavy atom. The topological polar surface area (TPSA) is 40.5 Å². The number of halogens is 3. The standard InChI is InChI=1S/C13H14F3NO2/c14-13(15,16)10-2-1-3-11(8-10)17-6-4-9(5-7-17)12(18)19/h1-3,8-9H,4-7H2,(H,18,19). The van der Waals surface area contributed by atoms with Crippen LogP contribution in [0.15, 0.2) is 24.3 Å². The van der Waals surface area contributed by atoms with Gasteiger partial charge in [0.05, 0.1) is 11.5 Å². The predicted octanol–water partition coefficient (Wildman–Crippen LogP) is 3.01. The van der Waals surface area contributed by atoms with Gasteiger partial charge < -0.3 is 10.0 Å². The van der Waals surface area contributed by atoms with Crippen LogP contribution in [-0.4, -0.2) is 24.2 Å². The van der Waals surface area contributed by atoms with Crippen LogP contribution in [0.25, 0.3) is 0 Å². The summed E-state index contributed by atoms with van der Waals surface area (Å²) in [5.74, 6) is -1.22. The van der Waals surface area contributed by atoms with E-state index < -0.39 is 17.7 Å². The number of nitrogens with zero attached hydrogens (tertiary/aromatic N) is 1. The number of anilines is 1. The average Bonchev–Trinajstić information content (AvgIpc) is 2.38. The molecular formula is C13H14F3NO2. The van der Waals surface area contributed by atoms with Crippen molar-refractivity contribution in [1.82, 2.24) is 0 Å². The molecule has 6 heteroatoms. The Bertz CT molecular complexity index is 465. The second-order valence-corrected chi connectivity index (χ2v) is 4.65. The summed E-state index contributed by atoms with van der Waals surface area (Å²) in [7, 11) is 0. The number of piperidine rings is 1.